The van der Waals surface area contributed by atoms with Gasteiger partial charge in [-0.3, -0.25) is 4.79 Å². The molecule has 1 saturated heterocycles. The average molecular weight is 365 g/mol. The van der Waals surface area contributed by atoms with Gasteiger partial charge >= 0.3 is 0 Å². The van der Waals surface area contributed by atoms with Crippen molar-refractivity contribution in [2.24, 2.45) is 11.8 Å². The predicted molar refractivity (Wildman–Crippen MR) is 98.1 cm³/mol. The van der Waals surface area contributed by atoms with Crippen LogP contribution in [0.4, 0.5) is 5.69 Å². The molecular formula is C18H27N3O3S. The summed E-state index contributed by atoms with van der Waals surface area (Å²) in [5.41, 5.74) is 1.81. The third-order valence-electron chi connectivity index (χ3n) is 5.47. The highest BCUT2D eigenvalue weighted by Gasteiger charge is 2.35. The van der Waals surface area contributed by atoms with Crippen molar-refractivity contribution in [3.8, 4) is 0 Å². The van der Waals surface area contributed by atoms with Gasteiger partial charge in [0, 0.05) is 31.2 Å². The molecule has 0 bridgehead atoms. The molecule has 1 N–H and O–H groups in total. The first-order valence-electron chi connectivity index (χ1n) is 9.05. The molecular weight excluding hydrogens is 338 g/mol. The summed E-state index contributed by atoms with van der Waals surface area (Å²) in [4.78, 5) is 14.9. The molecule has 0 saturated carbocycles. The first-order chi connectivity index (χ1) is 11.9. The Balaban J connectivity index is 1.84. The van der Waals surface area contributed by atoms with Gasteiger partial charge in [0.2, 0.25) is 15.9 Å². The molecule has 2 aliphatic rings. The minimum absolute atomic E-state index is 0.00807. The van der Waals surface area contributed by atoms with Crippen LogP contribution < -0.4 is 10.2 Å². The van der Waals surface area contributed by atoms with Crippen molar-refractivity contribution < 1.29 is 13.2 Å². The van der Waals surface area contributed by atoms with Gasteiger partial charge in [0.05, 0.1) is 4.90 Å². The monoisotopic (exact) mass is 365 g/mol. The lowest BCUT2D eigenvalue weighted by Crippen LogP contribution is -2.50. The highest BCUT2D eigenvalue weighted by molar-refractivity contribution is 7.89. The van der Waals surface area contributed by atoms with Crippen LogP contribution in [0.2, 0.25) is 0 Å². The number of fused-ring (bicyclic) bond motifs is 1. The second kappa shape index (κ2) is 7.05. The number of anilines is 1. The molecule has 7 heteroatoms. The van der Waals surface area contributed by atoms with Crippen LogP contribution in [0.15, 0.2) is 23.1 Å². The smallest absolute Gasteiger partial charge is 0.243 e. The van der Waals surface area contributed by atoms with E-state index >= 15 is 0 Å². The van der Waals surface area contributed by atoms with Gasteiger partial charge in [0.25, 0.3) is 0 Å². The lowest BCUT2D eigenvalue weighted by molar-refractivity contribution is -0.123. The Morgan fingerprint density at radius 1 is 1.32 bits per heavy atom. The van der Waals surface area contributed by atoms with E-state index in [1.54, 1.807) is 18.2 Å². The van der Waals surface area contributed by atoms with Gasteiger partial charge in [0.15, 0.2) is 0 Å². The highest BCUT2D eigenvalue weighted by atomic mass is 32.2. The summed E-state index contributed by atoms with van der Waals surface area (Å²) in [6.07, 6.45) is 0.707. The standard InChI is InChI=1S/C18H27N3O3S/c1-4-20(5-2)25(23,24)16-6-7-17-14(10-16)8-9-21(17)18(22)13(3)15-11-19-12-15/h6-7,10,13,15,19H,4-5,8-9,11-12H2,1-3H3. The first-order valence-corrected chi connectivity index (χ1v) is 10.5. The zero-order valence-electron chi connectivity index (χ0n) is 15.2. The maximum atomic E-state index is 12.8. The molecule has 0 spiro atoms. The number of carbonyl (C=O) groups is 1. The van der Waals surface area contributed by atoms with E-state index in [1.807, 2.05) is 25.7 Å². The van der Waals surface area contributed by atoms with Crippen molar-refractivity contribution in [1.82, 2.24) is 9.62 Å². The number of nitrogens with zero attached hydrogens (tertiary/aromatic N) is 2. The van der Waals surface area contributed by atoms with E-state index in [1.165, 1.54) is 4.31 Å². The van der Waals surface area contributed by atoms with Gasteiger partial charge in [-0.2, -0.15) is 4.31 Å². The number of nitrogens with one attached hydrogen (secondary N) is 1. The van der Waals surface area contributed by atoms with Crippen molar-refractivity contribution in [1.29, 1.82) is 0 Å². The van der Waals surface area contributed by atoms with E-state index in [0.717, 1.165) is 24.3 Å². The second-order valence-electron chi connectivity index (χ2n) is 6.83. The van der Waals surface area contributed by atoms with E-state index in [4.69, 9.17) is 0 Å². The SMILES string of the molecule is CCN(CC)S(=O)(=O)c1ccc2c(c1)CCN2C(=O)C(C)C1CNC1. The molecule has 1 atom stereocenters. The van der Waals surface area contributed by atoms with Crippen LogP contribution in [0.3, 0.4) is 0 Å². The highest BCUT2D eigenvalue weighted by Crippen LogP contribution is 2.33. The quantitative estimate of drug-likeness (QED) is 0.829. The summed E-state index contributed by atoms with van der Waals surface area (Å²) >= 11 is 0. The molecule has 25 heavy (non-hydrogen) atoms. The molecule has 2 aliphatic heterocycles. The minimum Gasteiger partial charge on any atom is -0.316 e. The molecule has 3 rings (SSSR count). The number of hydrogen-bond donors (Lipinski definition) is 1. The van der Waals surface area contributed by atoms with Gasteiger partial charge in [-0.25, -0.2) is 8.42 Å². The van der Waals surface area contributed by atoms with Crippen LogP contribution in [0.5, 0.6) is 0 Å². The summed E-state index contributed by atoms with van der Waals surface area (Å²) in [6.45, 7) is 9.00. The summed E-state index contributed by atoms with van der Waals surface area (Å²) in [6, 6.07) is 5.17. The van der Waals surface area contributed by atoms with E-state index in [0.29, 0.717) is 36.9 Å². The number of carbonyl (C=O) groups excluding carboxylic acids is 1. The maximum Gasteiger partial charge on any atom is 0.243 e. The Hall–Kier alpha value is -1.44. The van der Waals surface area contributed by atoms with Crippen LogP contribution in [0.25, 0.3) is 0 Å². The molecule has 1 amide bonds. The summed E-state index contributed by atoms with van der Waals surface area (Å²) in [7, 11) is -3.46. The molecule has 6 nitrogen and oxygen atoms in total. The van der Waals surface area contributed by atoms with E-state index in [2.05, 4.69) is 5.32 Å². The van der Waals surface area contributed by atoms with Gasteiger partial charge < -0.3 is 10.2 Å². The predicted octanol–water partition coefficient (Wildman–Crippen LogP) is 1.46. The van der Waals surface area contributed by atoms with Crippen LogP contribution in [0, 0.1) is 11.8 Å². The van der Waals surface area contributed by atoms with Crippen LogP contribution in [-0.4, -0.2) is 51.4 Å². The number of rotatable bonds is 6. The largest absolute Gasteiger partial charge is 0.316 e. The van der Waals surface area contributed by atoms with Gasteiger partial charge in [-0.1, -0.05) is 20.8 Å². The molecule has 1 aromatic carbocycles. The Labute approximate surface area is 150 Å². The number of benzene rings is 1. The van der Waals surface area contributed by atoms with Crippen molar-refractivity contribution in [3.63, 3.8) is 0 Å². The number of hydrogen-bond acceptors (Lipinski definition) is 4. The Bertz CT molecular complexity index is 755. The van der Waals surface area contributed by atoms with Gasteiger partial charge in [-0.05, 0) is 49.2 Å². The molecule has 2 heterocycles. The topological polar surface area (TPSA) is 69.7 Å². The fourth-order valence-corrected chi connectivity index (χ4v) is 5.10. The first kappa shape index (κ1) is 18.4. The van der Waals surface area contributed by atoms with E-state index < -0.39 is 10.0 Å². The average Bonchev–Trinajstić information content (AvgIpc) is 2.96. The second-order valence-corrected chi connectivity index (χ2v) is 8.76. The Kier molecular flexibility index (Phi) is 5.18. The normalized spacial score (nSPS) is 19.0. The van der Waals surface area contributed by atoms with Crippen molar-refractivity contribution in [3.05, 3.63) is 23.8 Å². The zero-order valence-corrected chi connectivity index (χ0v) is 16.0. The third kappa shape index (κ3) is 3.20. The molecule has 1 unspecified atom stereocenters. The summed E-state index contributed by atoms with van der Waals surface area (Å²) in [5, 5.41) is 3.21. The Morgan fingerprint density at radius 3 is 2.56 bits per heavy atom. The summed E-state index contributed by atoms with van der Waals surface area (Å²) < 4.78 is 26.8. The van der Waals surface area contributed by atoms with Crippen LogP contribution >= 0.6 is 0 Å². The molecule has 1 aromatic rings. The number of amides is 1. The van der Waals surface area contributed by atoms with Gasteiger partial charge in [0.1, 0.15) is 0 Å². The summed E-state index contributed by atoms with van der Waals surface area (Å²) in [5.74, 6) is 0.537. The van der Waals surface area contributed by atoms with Gasteiger partial charge in [-0.15, -0.1) is 0 Å². The Morgan fingerprint density at radius 2 is 2.00 bits per heavy atom. The van der Waals surface area contributed by atoms with Crippen LogP contribution in [-0.2, 0) is 21.2 Å². The molecule has 0 radical (unpaired) electrons. The number of sulfonamides is 1. The molecule has 138 valence electrons. The van der Waals surface area contributed by atoms with Crippen molar-refractivity contribution in [2.75, 3.05) is 37.6 Å². The lowest BCUT2D eigenvalue weighted by Gasteiger charge is -2.34. The fourth-order valence-electron chi connectivity index (χ4n) is 3.59. The molecule has 0 aliphatic carbocycles. The van der Waals surface area contributed by atoms with Crippen molar-refractivity contribution in [2.45, 2.75) is 32.1 Å². The van der Waals surface area contributed by atoms with E-state index in [9.17, 15) is 13.2 Å². The fraction of sp³-hybridized carbons (Fsp3) is 0.611. The molecule has 1 fully saturated rings. The molecule has 0 aromatic heterocycles. The van der Waals surface area contributed by atoms with Crippen LogP contribution in [0.1, 0.15) is 26.3 Å². The third-order valence-corrected chi connectivity index (χ3v) is 7.51. The minimum atomic E-state index is -3.46. The lowest BCUT2D eigenvalue weighted by atomic mass is 9.88. The zero-order chi connectivity index (χ0) is 18.2. The van der Waals surface area contributed by atoms with E-state index in [-0.39, 0.29) is 11.8 Å². The maximum absolute atomic E-state index is 12.8. The van der Waals surface area contributed by atoms with Crippen molar-refractivity contribution >= 4 is 21.6 Å².